The summed E-state index contributed by atoms with van der Waals surface area (Å²) in [6.07, 6.45) is 4.39. The van der Waals surface area contributed by atoms with E-state index in [2.05, 4.69) is 21.0 Å². The molecule has 1 saturated carbocycles. The number of nitrogens with zero attached hydrogens (tertiary/aromatic N) is 2. The Morgan fingerprint density at radius 2 is 2.47 bits per heavy atom. The first-order chi connectivity index (χ1) is 7.09. The van der Waals surface area contributed by atoms with Gasteiger partial charge in [-0.2, -0.15) is 5.10 Å². The molecule has 1 aliphatic rings. The van der Waals surface area contributed by atoms with Crippen molar-refractivity contribution >= 4 is 21.7 Å². The zero-order valence-corrected chi connectivity index (χ0v) is 10.2. The maximum Gasteiger partial charge on any atom is 0.183 e. The number of aromatic nitrogens is 2. The average Bonchev–Trinajstić information content (AvgIpc) is 2.94. The molecule has 5 heteroatoms. The summed E-state index contributed by atoms with van der Waals surface area (Å²) < 4.78 is 2.34. The van der Waals surface area contributed by atoms with Crippen LogP contribution in [0, 0.1) is 5.92 Å². The molecule has 1 unspecified atom stereocenters. The predicted molar refractivity (Wildman–Crippen MR) is 60.6 cm³/mol. The van der Waals surface area contributed by atoms with Crippen molar-refractivity contribution < 1.29 is 4.79 Å². The average molecular weight is 272 g/mol. The molecule has 1 fully saturated rings. The van der Waals surface area contributed by atoms with Gasteiger partial charge in [-0.05, 0) is 34.7 Å². The Kier molecular flexibility index (Phi) is 2.93. The van der Waals surface area contributed by atoms with Crippen LogP contribution in [0.25, 0.3) is 0 Å². The molecule has 0 amide bonds. The van der Waals surface area contributed by atoms with Crippen molar-refractivity contribution in [1.29, 1.82) is 0 Å². The Morgan fingerprint density at radius 3 is 2.93 bits per heavy atom. The lowest BCUT2D eigenvalue weighted by Crippen LogP contribution is -2.26. The number of nitrogens with two attached hydrogens (primary N) is 1. The van der Waals surface area contributed by atoms with Gasteiger partial charge in [0.05, 0.1) is 10.7 Å². The smallest absolute Gasteiger partial charge is 0.183 e. The van der Waals surface area contributed by atoms with E-state index in [1.807, 2.05) is 0 Å². The molecule has 0 saturated heterocycles. The van der Waals surface area contributed by atoms with Crippen molar-refractivity contribution in [1.82, 2.24) is 9.78 Å². The molecule has 0 aromatic carbocycles. The molecule has 1 aliphatic carbocycles. The van der Waals surface area contributed by atoms with E-state index in [0.29, 0.717) is 18.0 Å². The highest BCUT2D eigenvalue weighted by atomic mass is 79.9. The normalized spacial score (nSPS) is 17.8. The van der Waals surface area contributed by atoms with Crippen LogP contribution in [0.1, 0.15) is 29.8 Å². The van der Waals surface area contributed by atoms with Crippen LogP contribution in [0.2, 0.25) is 0 Å². The van der Waals surface area contributed by atoms with Gasteiger partial charge in [0.25, 0.3) is 0 Å². The molecule has 0 radical (unpaired) electrons. The Balaban J connectivity index is 2.06. The molecule has 4 nitrogen and oxygen atoms in total. The third-order valence-electron chi connectivity index (χ3n) is 2.81. The van der Waals surface area contributed by atoms with Gasteiger partial charge in [0.15, 0.2) is 5.78 Å². The summed E-state index contributed by atoms with van der Waals surface area (Å²) in [7, 11) is 1.76. The van der Waals surface area contributed by atoms with E-state index in [4.69, 9.17) is 5.73 Å². The highest BCUT2D eigenvalue weighted by molar-refractivity contribution is 9.10. The van der Waals surface area contributed by atoms with Crippen molar-refractivity contribution in [2.45, 2.75) is 25.3 Å². The van der Waals surface area contributed by atoms with Crippen molar-refractivity contribution in [3.8, 4) is 0 Å². The van der Waals surface area contributed by atoms with Crippen molar-refractivity contribution in [3.05, 3.63) is 16.4 Å². The first-order valence-corrected chi connectivity index (χ1v) is 5.85. The van der Waals surface area contributed by atoms with Gasteiger partial charge in [-0.1, -0.05) is 0 Å². The van der Waals surface area contributed by atoms with E-state index in [9.17, 15) is 4.79 Å². The number of carbonyl (C=O) groups excluding carboxylic acids is 1. The van der Waals surface area contributed by atoms with E-state index in [1.165, 1.54) is 12.8 Å². The minimum atomic E-state index is 0.0132. The van der Waals surface area contributed by atoms with E-state index in [0.717, 1.165) is 4.47 Å². The fourth-order valence-corrected chi connectivity index (χ4v) is 2.30. The second kappa shape index (κ2) is 4.06. The Morgan fingerprint density at radius 1 is 1.80 bits per heavy atom. The molecule has 82 valence electrons. The summed E-state index contributed by atoms with van der Waals surface area (Å²) in [6, 6.07) is 0.0132. The van der Waals surface area contributed by atoms with Crippen LogP contribution < -0.4 is 5.73 Å². The second-order valence-corrected chi connectivity index (χ2v) is 4.95. The third-order valence-corrected chi connectivity index (χ3v) is 3.39. The minimum absolute atomic E-state index is 0.0132. The summed E-state index contributed by atoms with van der Waals surface area (Å²) in [4.78, 5) is 11.9. The summed E-state index contributed by atoms with van der Waals surface area (Å²) >= 11 is 3.32. The van der Waals surface area contributed by atoms with E-state index in [1.54, 1.807) is 17.9 Å². The molecule has 1 aromatic heterocycles. The zero-order valence-electron chi connectivity index (χ0n) is 8.61. The summed E-state index contributed by atoms with van der Waals surface area (Å²) in [6.45, 7) is 0. The largest absolute Gasteiger partial charge is 0.327 e. The van der Waals surface area contributed by atoms with Crippen LogP contribution in [-0.2, 0) is 7.05 Å². The van der Waals surface area contributed by atoms with Gasteiger partial charge in [-0.15, -0.1) is 0 Å². The first-order valence-electron chi connectivity index (χ1n) is 5.06. The van der Waals surface area contributed by atoms with Gasteiger partial charge < -0.3 is 5.73 Å². The van der Waals surface area contributed by atoms with Crippen LogP contribution in [-0.4, -0.2) is 21.6 Å². The standard InChI is InChI=1S/C10H14BrN3O/c1-14-10(7(11)5-13-14)9(15)4-8(12)6-2-3-6/h5-6,8H,2-4,12H2,1H3. The quantitative estimate of drug-likeness (QED) is 0.845. The molecule has 2 rings (SSSR count). The minimum Gasteiger partial charge on any atom is -0.327 e. The Bertz CT molecular complexity index is 365. The summed E-state index contributed by atoms with van der Waals surface area (Å²) in [5.74, 6) is 0.627. The van der Waals surface area contributed by atoms with Gasteiger partial charge in [-0.25, -0.2) is 0 Å². The Labute approximate surface area is 97.0 Å². The second-order valence-electron chi connectivity index (χ2n) is 4.09. The van der Waals surface area contributed by atoms with Gasteiger partial charge >= 0.3 is 0 Å². The lowest BCUT2D eigenvalue weighted by molar-refractivity contribution is 0.0961. The SMILES string of the molecule is Cn1ncc(Br)c1C(=O)CC(N)C1CC1. The first kappa shape index (κ1) is 10.8. The van der Waals surface area contributed by atoms with Gasteiger partial charge in [0, 0.05) is 19.5 Å². The van der Waals surface area contributed by atoms with Crippen molar-refractivity contribution in [3.63, 3.8) is 0 Å². The molecule has 2 N–H and O–H groups in total. The van der Waals surface area contributed by atoms with Crippen molar-refractivity contribution in [2.24, 2.45) is 18.7 Å². The topological polar surface area (TPSA) is 60.9 Å². The highest BCUT2D eigenvalue weighted by Gasteiger charge is 2.31. The number of aryl methyl sites for hydroxylation is 1. The lowest BCUT2D eigenvalue weighted by Gasteiger charge is -2.09. The maximum absolute atomic E-state index is 11.9. The number of hydrogen-bond donors (Lipinski definition) is 1. The Hall–Kier alpha value is -0.680. The fraction of sp³-hybridized carbons (Fsp3) is 0.600. The molecule has 0 spiro atoms. The number of carbonyl (C=O) groups is 1. The number of rotatable bonds is 4. The molecular weight excluding hydrogens is 258 g/mol. The maximum atomic E-state index is 11.9. The number of halogens is 1. The van der Waals surface area contributed by atoms with Crippen molar-refractivity contribution in [2.75, 3.05) is 0 Å². The third kappa shape index (κ3) is 2.29. The molecule has 0 bridgehead atoms. The monoisotopic (exact) mass is 271 g/mol. The molecule has 1 aromatic rings. The molecule has 1 heterocycles. The van der Waals surface area contributed by atoms with Gasteiger partial charge in [0.1, 0.15) is 5.69 Å². The molecular formula is C10H14BrN3O. The van der Waals surface area contributed by atoms with E-state index < -0.39 is 0 Å². The predicted octanol–water partition coefficient (Wildman–Crippen LogP) is 1.49. The molecule has 1 atom stereocenters. The van der Waals surface area contributed by atoms with E-state index >= 15 is 0 Å². The van der Waals surface area contributed by atoms with Crippen LogP contribution in [0.4, 0.5) is 0 Å². The van der Waals surface area contributed by atoms with E-state index in [-0.39, 0.29) is 11.8 Å². The number of Topliss-reactive ketones (excluding diaryl/α,β-unsaturated/α-hetero) is 1. The molecule has 15 heavy (non-hydrogen) atoms. The van der Waals surface area contributed by atoms with Gasteiger partial charge in [-0.3, -0.25) is 9.48 Å². The number of hydrogen-bond acceptors (Lipinski definition) is 3. The summed E-state index contributed by atoms with van der Waals surface area (Å²) in [5.41, 5.74) is 6.54. The lowest BCUT2D eigenvalue weighted by atomic mass is 10.1. The molecule has 0 aliphatic heterocycles. The summed E-state index contributed by atoms with van der Waals surface area (Å²) in [5, 5.41) is 4.01. The van der Waals surface area contributed by atoms with Gasteiger partial charge in [0.2, 0.25) is 0 Å². The van der Waals surface area contributed by atoms with Crippen LogP contribution in [0.15, 0.2) is 10.7 Å². The zero-order chi connectivity index (χ0) is 11.0. The fourth-order valence-electron chi connectivity index (χ4n) is 1.73. The number of ketones is 1. The van der Waals surface area contributed by atoms with Crippen LogP contribution in [0.5, 0.6) is 0 Å². The van der Waals surface area contributed by atoms with Crippen LogP contribution in [0.3, 0.4) is 0 Å². The highest BCUT2D eigenvalue weighted by Crippen LogP contribution is 2.33. The van der Waals surface area contributed by atoms with Crippen LogP contribution >= 0.6 is 15.9 Å².